The number of hydrogen-bond acceptors (Lipinski definition) is 3. The van der Waals surface area contributed by atoms with E-state index < -0.39 is 0 Å². The zero-order valence-electron chi connectivity index (χ0n) is 13.1. The molecule has 0 spiro atoms. The van der Waals surface area contributed by atoms with Gasteiger partial charge in [-0.3, -0.25) is 0 Å². The number of hydrogen-bond donors (Lipinski definition) is 3. The second kappa shape index (κ2) is 7.45. The minimum atomic E-state index is -0.319. The van der Waals surface area contributed by atoms with Gasteiger partial charge in [0.15, 0.2) is 0 Å². The van der Waals surface area contributed by atoms with Crippen molar-refractivity contribution in [1.29, 1.82) is 0 Å². The van der Waals surface area contributed by atoms with Crippen molar-refractivity contribution < 1.29 is 14.3 Å². The van der Waals surface area contributed by atoms with Crippen molar-refractivity contribution in [2.75, 3.05) is 24.5 Å². The molecule has 1 unspecified atom stereocenters. The molecule has 6 heteroatoms. The number of amides is 2. The van der Waals surface area contributed by atoms with Gasteiger partial charge >= 0.3 is 6.03 Å². The Bertz CT molecular complexity index is 516. The summed E-state index contributed by atoms with van der Waals surface area (Å²) in [5.74, 6) is -0.319. The number of carbonyl (C=O) groups excluding carboxylic acids is 1. The van der Waals surface area contributed by atoms with Crippen LogP contribution in [0.3, 0.4) is 0 Å². The van der Waals surface area contributed by atoms with Gasteiger partial charge in [0.2, 0.25) is 0 Å². The van der Waals surface area contributed by atoms with Gasteiger partial charge in [-0.05, 0) is 44.9 Å². The van der Waals surface area contributed by atoms with E-state index in [0.29, 0.717) is 19.4 Å². The lowest BCUT2D eigenvalue weighted by Crippen LogP contribution is -2.39. The molecule has 5 nitrogen and oxygen atoms in total. The van der Waals surface area contributed by atoms with Crippen LogP contribution in [0.15, 0.2) is 18.2 Å². The standard InChI is InChI=1S/C16H24FN3O2/c1-3-18-16(22)19-11(2)14-10-12(17)4-5-15(14)20-8-6-13(21)7-9-20/h4-5,10-11,13,21H,3,6-9H2,1-2H3,(H2,18,19,22). The maximum atomic E-state index is 13.6. The van der Waals surface area contributed by atoms with Crippen LogP contribution < -0.4 is 15.5 Å². The molecular formula is C16H24FN3O2. The van der Waals surface area contributed by atoms with Crippen LogP contribution in [0.1, 0.15) is 38.3 Å². The summed E-state index contributed by atoms with van der Waals surface area (Å²) in [4.78, 5) is 13.8. The number of halogens is 1. The number of carbonyl (C=O) groups is 1. The molecule has 22 heavy (non-hydrogen) atoms. The first-order valence-corrected chi connectivity index (χ1v) is 7.78. The summed E-state index contributed by atoms with van der Waals surface area (Å²) < 4.78 is 13.6. The zero-order valence-corrected chi connectivity index (χ0v) is 13.1. The highest BCUT2D eigenvalue weighted by molar-refractivity contribution is 5.74. The van der Waals surface area contributed by atoms with E-state index in [1.165, 1.54) is 12.1 Å². The van der Waals surface area contributed by atoms with Crippen molar-refractivity contribution in [3.05, 3.63) is 29.6 Å². The van der Waals surface area contributed by atoms with Gasteiger partial charge in [-0.2, -0.15) is 0 Å². The lowest BCUT2D eigenvalue weighted by atomic mass is 10.0. The maximum Gasteiger partial charge on any atom is 0.315 e. The molecule has 1 aliphatic heterocycles. The van der Waals surface area contributed by atoms with Gasteiger partial charge in [0.05, 0.1) is 12.1 Å². The first-order valence-electron chi connectivity index (χ1n) is 7.78. The lowest BCUT2D eigenvalue weighted by molar-refractivity contribution is 0.145. The minimum Gasteiger partial charge on any atom is -0.393 e. The molecule has 1 heterocycles. The molecule has 1 aromatic carbocycles. The van der Waals surface area contributed by atoms with Crippen LogP contribution in [0.5, 0.6) is 0 Å². The Morgan fingerprint density at radius 3 is 2.77 bits per heavy atom. The van der Waals surface area contributed by atoms with E-state index in [-0.39, 0.29) is 24.0 Å². The fourth-order valence-electron chi connectivity index (χ4n) is 2.75. The van der Waals surface area contributed by atoms with Gasteiger partial charge in [0, 0.05) is 30.9 Å². The molecule has 0 bridgehead atoms. The van der Waals surface area contributed by atoms with Crippen LogP contribution in [0, 0.1) is 5.82 Å². The van der Waals surface area contributed by atoms with E-state index in [0.717, 1.165) is 24.3 Å². The van der Waals surface area contributed by atoms with Gasteiger partial charge in [0.25, 0.3) is 0 Å². The van der Waals surface area contributed by atoms with Gasteiger partial charge < -0.3 is 20.6 Å². The zero-order chi connectivity index (χ0) is 16.1. The van der Waals surface area contributed by atoms with Crippen LogP contribution in [-0.4, -0.2) is 36.9 Å². The van der Waals surface area contributed by atoms with Crippen molar-refractivity contribution in [2.45, 2.75) is 38.8 Å². The smallest absolute Gasteiger partial charge is 0.315 e. The maximum absolute atomic E-state index is 13.6. The average Bonchev–Trinajstić information content (AvgIpc) is 2.48. The summed E-state index contributed by atoms with van der Waals surface area (Å²) in [5, 5.41) is 15.1. The number of anilines is 1. The predicted octanol–water partition coefficient (Wildman–Crippen LogP) is 2.17. The van der Waals surface area contributed by atoms with Crippen LogP contribution in [0.4, 0.5) is 14.9 Å². The molecule has 122 valence electrons. The van der Waals surface area contributed by atoms with Crippen LogP contribution in [0.25, 0.3) is 0 Å². The molecule has 1 saturated heterocycles. The molecule has 0 aliphatic carbocycles. The number of nitrogens with one attached hydrogen (secondary N) is 2. The van der Waals surface area contributed by atoms with Gasteiger partial charge in [0.1, 0.15) is 5.82 Å². The minimum absolute atomic E-state index is 0.258. The van der Waals surface area contributed by atoms with E-state index in [2.05, 4.69) is 15.5 Å². The molecule has 1 atom stereocenters. The highest BCUT2D eigenvalue weighted by atomic mass is 19.1. The summed E-state index contributed by atoms with van der Waals surface area (Å²) >= 11 is 0. The molecule has 0 saturated carbocycles. The fraction of sp³-hybridized carbons (Fsp3) is 0.562. The summed E-state index contributed by atoms with van der Waals surface area (Å²) in [5.41, 5.74) is 1.67. The Balaban J connectivity index is 2.18. The van der Waals surface area contributed by atoms with Crippen molar-refractivity contribution in [1.82, 2.24) is 10.6 Å². The second-order valence-corrected chi connectivity index (χ2v) is 5.65. The fourth-order valence-corrected chi connectivity index (χ4v) is 2.75. The van der Waals surface area contributed by atoms with E-state index in [1.807, 2.05) is 13.8 Å². The average molecular weight is 309 g/mol. The van der Waals surface area contributed by atoms with Crippen molar-refractivity contribution in [3.63, 3.8) is 0 Å². The number of aliphatic hydroxyl groups excluding tert-OH is 1. The van der Waals surface area contributed by atoms with E-state index >= 15 is 0 Å². The normalized spacial score (nSPS) is 17.2. The largest absolute Gasteiger partial charge is 0.393 e. The quantitative estimate of drug-likeness (QED) is 0.798. The highest BCUT2D eigenvalue weighted by Gasteiger charge is 2.22. The van der Waals surface area contributed by atoms with E-state index in [1.54, 1.807) is 6.07 Å². The molecule has 1 aliphatic rings. The highest BCUT2D eigenvalue weighted by Crippen LogP contribution is 2.29. The van der Waals surface area contributed by atoms with Crippen LogP contribution in [-0.2, 0) is 0 Å². The molecule has 1 fully saturated rings. The number of rotatable bonds is 4. The molecule has 0 radical (unpaired) electrons. The third-order valence-corrected chi connectivity index (χ3v) is 3.95. The van der Waals surface area contributed by atoms with Crippen molar-refractivity contribution in [3.8, 4) is 0 Å². The Hall–Kier alpha value is -1.82. The second-order valence-electron chi connectivity index (χ2n) is 5.65. The molecule has 3 N–H and O–H groups in total. The van der Waals surface area contributed by atoms with Crippen LogP contribution >= 0.6 is 0 Å². The van der Waals surface area contributed by atoms with Crippen molar-refractivity contribution in [2.24, 2.45) is 0 Å². The van der Waals surface area contributed by atoms with Crippen molar-refractivity contribution >= 4 is 11.7 Å². The lowest BCUT2D eigenvalue weighted by Gasteiger charge is -2.34. The molecule has 0 aromatic heterocycles. The third-order valence-electron chi connectivity index (χ3n) is 3.95. The summed E-state index contributed by atoms with van der Waals surface area (Å²) in [6, 6.07) is 4.08. The first kappa shape index (κ1) is 16.5. The number of piperidine rings is 1. The number of benzene rings is 1. The topological polar surface area (TPSA) is 64.6 Å². The van der Waals surface area contributed by atoms with Gasteiger partial charge in [-0.15, -0.1) is 0 Å². The molecule has 2 rings (SSSR count). The molecular weight excluding hydrogens is 285 g/mol. The summed E-state index contributed by atoms with van der Waals surface area (Å²) in [6.07, 6.45) is 1.15. The summed E-state index contributed by atoms with van der Waals surface area (Å²) in [6.45, 7) is 5.68. The Labute approximate surface area is 130 Å². The Kier molecular flexibility index (Phi) is 5.60. The Morgan fingerprint density at radius 1 is 1.45 bits per heavy atom. The number of urea groups is 1. The summed E-state index contributed by atoms with van der Waals surface area (Å²) in [7, 11) is 0. The van der Waals surface area contributed by atoms with Gasteiger partial charge in [-0.25, -0.2) is 9.18 Å². The third kappa shape index (κ3) is 4.10. The van der Waals surface area contributed by atoms with E-state index in [9.17, 15) is 14.3 Å². The van der Waals surface area contributed by atoms with E-state index in [4.69, 9.17) is 0 Å². The molecule has 1 aromatic rings. The SMILES string of the molecule is CCNC(=O)NC(C)c1cc(F)ccc1N1CCC(O)CC1. The first-order chi connectivity index (χ1) is 10.5. The Morgan fingerprint density at radius 2 is 2.14 bits per heavy atom. The van der Waals surface area contributed by atoms with Gasteiger partial charge in [-0.1, -0.05) is 0 Å². The monoisotopic (exact) mass is 309 g/mol. The molecule has 2 amide bonds. The predicted molar refractivity (Wildman–Crippen MR) is 84.5 cm³/mol. The number of nitrogens with zero attached hydrogens (tertiary/aromatic N) is 1. The number of aliphatic hydroxyl groups is 1. The van der Waals surface area contributed by atoms with Crippen LogP contribution in [0.2, 0.25) is 0 Å².